The molecule has 0 fully saturated rings. The van der Waals surface area contributed by atoms with Gasteiger partial charge in [0.05, 0.1) is 16.3 Å². The van der Waals surface area contributed by atoms with Gasteiger partial charge >= 0.3 is 0 Å². The maximum Gasteiger partial charge on any atom is 0.264 e. The lowest BCUT2D eigenvalue weighted by Crippen LogP contribution is -2.39. The number of hydrogen-bond donors (Lipinski definition) is 1. The smallest absolute Gasteiger partial charge is 0.264 e. The van der Waals surface area contributed by atoms with Crippen molar-refractivity contribution in [3.8, 4) is 0 Å². The van der Waals surface area contributed by atoms with E-state index in [-0.39, 0.29) is 4.90 Å². The summed E-state index contributed by atoms with van der Waals surface area (Å²) < 4.78 is 29.6. The number of sulfonamides is 1. The minimum absolute atomic E-state index is 0.106. The first-order valence-corrected chi connectivity index (χ1v) is 12.9. The van der Waals surface area contributed by atoms with Crippen molar-refractivity contribution in [2.75, 3.05) is 10.8 Å². The first kappa shape index (κ1) is 24.4. The molecule has 0 saturated carbocycles. The monoisotopic (exact) mass is 625 g/mol. The fraction of sp³-hybridized carbons (Fsp3) is 0.130. The number of carbonyl (C=O) groups is 1. The Bertz CT molecular complexity index is 1240. The molecule has 0 atom stereocenters. The van der Waals surface area contributed by atoms with Gasteiger partial charge < -0.3 is 0 Å². The second kappa shape index (κ2) is 10.6. The van der Waals surface area contributed by atoms with Gasteiger partial charge in [-0.05, 0) is 84.5 Å². The Morgan fingerprint density at radius 3 is 2.34 bits per heavy atom. The van der Waals surface area contributed by atoms with Crippen LogP contribution in [0.4, 0.5) is 5.69 Å². The topological polar surface area (TPSA) is 78.8 Å². The second-order valence-electron chi connectivity index (χ2n) is 7.04. The lowest BCUT2D eigenvalue weighted by atomic mass is 10.1. The molecular weight excluding hydrogens is 605 g/mol. The molecule has 0 aromatic heterocycles. The molecule has 0 aliphatic carbocycles. The van der Waals surface area contributed by atoms with E-state index in [0.717, 1.165) is 19.0 Å². The van der Waals surface area contributed by atoms with Crippen molar-refractivity contribution in [1.82, 2.24) is 5.43 Å². The highest BCUT2D eigenvalue weighted by Gasteiger charge is 2.27. The molecule has 0 heterocycles. The van der Waals surface area contributed by atoms with Gasteiger partial charge in [0.2, 0.25) is 0 Å². The zero-order valence-electron chi connectivity index (χ0n) is 17.4. The molecule has 32 heavy (non-hydrogen) atoms. The number of aryl methyl sites for hydroxylation is 1. The van der Waals surface area contributed by atoms with E-state index in [1.807, 2.05) is 31.2 Å². The summed E-state index contributed by atoms with van der Waals surface area (Å²) in [6.45, 7) is 3.23. The highest BCUT2D eigenvalue weighted by atomic mass is 127. The Balaban J connectivity index is 1.87. The lowest BCUT2D eigenvalue weighted by molar-refractivity contribution is -0.119. The van der Waals surface area contributed by atoms with E-state index in [0.29, 0.717) is 15.9 Å². The van der Waals surface area contributed by atoms with E-state index in [1.54, 1.807) is 43.3 Å². The van der Waals surface area contributed by atoms with E-state index in [2.05, 4.69) is 49.0 Å². The number of hydrazone groups is 1. The number of rotatable bonds is 7. The minimum atomic E-state index is -3.98. The normalized spacial score (nSPS) is 11.8. The lowest BCUT2D eigenvalue weighted by Gasteiger charge is -2.24. The fourth-order valence-electron chi connectivity index (χ4n) is 2.85. The minimum Gasteiger partial charge on any atom is -0.271 e. The number of benzene rings is 3. The number of nitrogens with zero attached hydrogens (tertiary/aromatic N) is 2. The quantitative estimate of drug-likeness (QED) is 0.226. The van der Waals surface area contributed by atoms with Crippen LogP contribution in [-0.2, 0) is 14.8 Å². The number of halogens is 2. The maximum absolute atomic E-state index is 13.4. The predicted molar refractivity (Wildman–Crippen MR) is 139 cm³/mol. The summed E-state index contributed by atoms with van der Waals surface area (Å²) in [4.78, 5) is 12.8. The number of carbonyl (C=O) groups excluding carboxylic acids is 1. The molecule has 0 unspecified atom stereocenters. The summed E-state index contributed by atoms with van der Waals surface area (Å²) >= 11 is 5.58. The summed E-state index contributed by atoms with van der Waals surface area (Å²) in [5, 5.41) is 4.14. The largest absolute Gasteiger partial charge is 0.271 e. The van der Waals surface area contributed by atoms with Gasteiger partial charge in [-0.25, -0.2) is 13.8 Å². The third kappa shape index (κ3) is 6.17. The zero-order valence-corrected chi connectivity index (χ0v) is 22.0. The van der Waals surface area contributed by atoms with Gasteiger partial charge in [0, 0.05) is 8.04 Å². The van der Waals surface area contributed by atoms with Crippen LogP contribution in [0.3, 0.4) is 0 Å². The van der Waals surface area contributed by atoms with Crippen molar-refractivity contribution in [2.45, 2.75) is 18.7 Å². The van der Waals surface area contributed by atoms with E-state index in [9.17, 15) is 13.2 Å². The van der Waals surface area contributed by atoms with E-state index in [4.69, 9.17) is 0 Å². The van der Waals surface area contributed by atoms with Gasteiger partial charge in [0.1, 0.15) is 6.54 Å². The molecule has 3 aromatic carbocycles. The van der Waals surface area contributed by atoms with Crippen LogP contribution < -0.4 is 9.73 Å². The summed E-state index contributed by atoms with van der Waals surface area (Å²) in [6.07, 6.45) is 0. The van der Waals surface area contributed by atoms with Crippen LogP contribution in [0.5, 0.6) is 0 Å². The zero-order chi connectivity index (χ0) is 23.3. The van der Waals surface area contributed by atoms with Crippen molar-refractivity contribution in [2.24, 2.45) is 5.10 Å². The van der Waals surface area contributed by atoms with Gasteiger partial charge in [0.25, 0.3) is 15.9 Å². The number of hydrogen-bond acceptors (Lipinski definition) is 4. The Morgan fingerprint density at radius 2 is 1.72 bits per heavy atom. The maximum atomic E-state index is 13.4. The van der Waals surface area contributed by atoms with Crippen LogP contribution in [0.15, 0.2) is 87.3 Å². The summed E-state index contributed by atoms with van der Waals surface area (Å²) in [5.74, 6) is -0.550. The summed E-state index contributed by atoms with van der Waals surface area (Å²) in [5.41, 5.74) is 5.26. The average Bonchev–Trinajstić information content (AvgIpc) is 2.76. The Kier molecular flexibility index (Phi) is 8.07. The van der Waals surface area contributed by atoms with Crippen LogP contribution >= 0.6 is 38.5 Å². The fourth-order valence-corrected chi connectivity index (χ4v) is 5.01. The highest BCUT2D eigenvalue weighted by Crippen LogP contribution is 2.26. The Labute approximate surface area is 210 Å². The molecule has 0 radical (unpaired) electrons. The Morgan fingerprint density at radius 1 is 1.06 bits per heavy atom. The molecule has 3 aromatic rings. The Hall–Kier alpha value is -2.24. The molecule has 3 rings (SSSR count). The molecule has 6 nitrogen and oxygen atoms in total. The molecule has 0 bridgehead atoms. The van der Waals surface area contributed by atoms with Gasteiger partial charge in [-0.3, -0.25) is 9.10 Å². The van der Waals surface area contributed by atoms with E-state index in [1.165, 1.54) is 12.1 Å². The van der Waals surface area contributed by atoms with Crippen LogP contribution in [0.25, 0.3) is 0 Å². The number of nitrogens with one attached hydrogen (secondary N) is 1. The van der Waals surface area contributed by atoms with Crippen LogP contribution in [0.2, 0.25) is 0 Å². The van der Waals surface area contributed by atoms with Crippen molar-refractivity contribution < 1.29 is 13.2 Å². The molecule has 9 heteroatoms. The van der Waals surface area contributed by atoms with Gasteiger partial charge in [-0.15, -0.1) is 0 Å². The molecular formula is C23H21BrIN3O3S. The van der Waals surface area contributed by atoms with Gasteiger partial charge in [-0.2, -0.15) is 5.10 Å². The van der Waals surface area contributed by atoms with Crippen LogP contribution in [0, 0.1) is 10.5 Å². The van der Waals surface area contributed by atoms with Crippen LogP contribution in [-0.4, -0.2) is 26.6 Å². The third-order valence-corrected chi connectivity index (χ3v) is 7.60. The van der Waals surface area contributed by atoms with Gasteiger partial charge in [-0.1, -0.05) is 51.8 Å². The molecule has 166 valence electrons. The predicted octanol–water partition coefficient (Wildman–Crippen LogP) is 5.10. The van der Waals surface area contributed by atoms with Crippen molar-refractivity contribution in [1.29, 1.82) is 0 Å². The molecule has 0 aliphatic heterocycles. The third-order valence-electron chi connectivity index (χ3n) is 4.60. The van der Waals surface area contributed by atoms with E-state index < -0.39 is 22.5 Å². The van der Waals surface area contributed by atoms with Crippen molar-refractivity contribution in [3.63, 3.8) is 0 Å². The number of amides is 1. The second-order valence-corrected chi connectivity index (χ2v) is 11.1. The molecule has 1 amide bonds. The standard InChI is InChI=1S/C23H21BrIN3O3S/c1-16-6-12-22(13-7-16)32(30,31)28(21-5-3-4-19(24)14-21)15-23(29)27-26-17(2)18-8-10-20(25)11-9-18/h3-14H,15H2,1-2H3,(H,27,29)/b26-17-. The van der Waals surface area contributed by atoms with Gasteiger partial charge in [0.15, 0.2) is 0 Å². The molecule has 0 saturated heterocycles. The summed E-state index contributed by atoms with van der Waals surface area (Å²) in [7, 11) is -3.98. The first-order chi connectivity index (χ1) is 15.2. The first-order valence-electron chi connectivity index (χ1n) is 9.61. The van der Waals surface area contributed by atoms with Crippen LogP contribution in [0.1, 0.15) is 18.1 Å². The van der Waals surface area contributed by atoms with E-state index >= 15 is 0 Å². The molecule has 1 N–H and O–H groups in total. The summed E-state index contributed by atoms with van der Waals surface area (Å²) in [6, 6.07) is 21.0. The molecule has 0 spiro atoms. The SMILES string of the molecule is C/C(=N/NC(=O)CN(c1cccc(Br)c1)S(=O)(=O)c1ccc(C)cc1)c1ccc(I)cc1. The van der Waals surface area contributed by atoms with Crippen molar-refractivity contribution in [3.05, 3.63) is 92.0 Å². The highest BCUT2D eigenvalue weighted by molar-refractivity contribution is 14.1. The average molecular weight is 626 g/mol. The van der Waals surface area contributed by atoms with Crippen molar-refractivity contribution >= 4 is 65.9 Å². The molecule has 0 aliphatic rings. The number of anilines is 1.